The molecule has 3 heterocycles. The lowest BCUT2D eigenvalue weighted by molar-refractivity contribution is -0.136. The highest BCUT2D eigenvalue weighted by Crippen LogP contribution is 2.30. The SMILES string of the molecule is CC(C)(NC(=O)Nc1ccc2c(c1)CN(C1CCC(=O)NC1=O)C2=O)c1ccc(-c2ccncc2)cc1. The maximum absolute atomic E-state index is 12.9. The van der Waals surface area contributed by atoms with Crippen LogP contribution in [-0.4, -0.2) is 39.7 Å². The lowest BCUT2D eigenvalue weighted by Crippen LogP contribution is -2.52. The van der Waals surface area contributed by atoms with Gasteiger partial charge in [-0.2, -0.15) is 0 Å². The Hall–Kier alpha value is -4.53. The maximum Gasteiger partial charge on any atom is 0.319 e. The van der Waals surface area contributed by atoms with E-state index in [1.54, 1.807) is 30.6 Å². The van der Waals surface area contributed by atoms with E-state index in [2.05, 4.69) is 20.9 Å². The molecule has 5 rings (SSSR count). The number of benzene rings is 2. The monoisotopic (exact) mass is 497 g/mol. The topological polar surface area (TPSA) is 120 Å². The van der Waals surface area contributed by atoms with Gasteiger partial charge in [-0.25, -0.2) is 4.79 Å². The van der Waals surface area contributed by atoms with Gasteiger partial charge >= 0.3 is 6.03 Å². The van der Waals surface area contributed by atoms with Gasteiger partial charge in [0, 0.05) is 36.6 Å². The number of amides is 5. The summed E-state index contributed by atoms with van der Waals surface area (Å²) >= 11 is 0. The number of piperidine rings is 1. The Morgan fingerprint density at radius 2 is 1.70 bits per heavy atom. The van der Waals surface area contributed by atoms with Gasteiger partial charge in [0.15, 0.2) is 0 Å². The van der Waals surface area contributed by atoms with E-state index < -0.39 is 17.5 Å². The predicted octanol–water partition coefficient (Wildman–Crippen LogP) is 3.57. The zero-order valence-electron chi connectivity index (χ0n) is 20.6. The highest BCUT2D eigenvalue weighted by atomic mass is 16.2. The Kier molecular flexibility index (Phi) is 6.20. The molecule has 3 aromatic rings. The smallest absolute Gasteiger partial charge is 0.319 e. The lowest BCUT2D eigenvalue weighted by atomic mass is 9.92. The standard InChI is InChI=1S/C28H27N5O4/c1-28(2,20-5-3-17(4-6-20)18-11-13-29-14-12-18)32-27(37)30-21-7-8-22-19(15-21)16-33(26(22)36)23-9-10-24(34)31-25(23)35/h3-8,11-15,23H,9-10,16H2,1-2H3,(H2,30,32,37)(H,31,34,35). The van der Waals surface area contributed by atoms with E-state index in [9.17, 15) is 19.2 Å². The molecule has 9 nitrogen and oxygen atoms in total. The minimum atomic E-state index is -0.678. The number of nitrogens with zero attached hydrogens (tertiary/aromatic N) is 2. The van der Waals surface area contributed by atoms with Crippen molar-refractivity contribution in [1.29, 1.82) is 0 Å². The van der Waals surface area contributed by atoms with Crippen molar-refractivity contribution in [3.05, 3.63) is 83.7 Å². The van der Waals surface area contributed by atoms with Crippen molar-refractivity contribution < 1.29 is 19.2 Å². The summed E-state index contributed by atoms with van der Waals surface area (Å²) in [6.45, 7) is 4.09. The molecule has 2 aromatic carbocycles. The number of aromatic nitrogens is 1. The van der Waals surface area contributed by atoms with Crippen molar-refractivity contribution in [3.63, 3.8) is 0 Å². The number of hydrogen-bond acceptors (Lipinski definition) is 5. The van der Waals surface area contributed by atoms with Gasteiger partial charge in [0.1, 0.15) is 6.04 Å². The molecule has 0 spiro atoms. The van der Waals surface area contributed by atoms with Crippen molar-refractivity contribution >= 4 is 29.4 Å². The molecular formula is C28H27N5O4. The van der Waals surface area contributed by atoms with Crippen LogP contribution in [0, 0.1) is 0 Å². The second kappa shape index (κ2) is 9.50. The van der Waals surface area contributed by atoms with Crippen LogP contribution in [-0.2, 0) is 21.7 Å². The average molecular weight is 498 g/mol. The summed E-state index contributed by atoms with van der Waals surface area (Å²) in [4.78, 5) is 55.0. The number of rotatable bonds is 5. The fraction of sp³-hybridized carbons (Fsp3) is 0.250. The van der Waals surface area contributed by atoms with Gasteiger partial charge in [0.25, 0.3) is 5.91 Å². The molecule has 9 heteroatoms. The Morgan fingerprint density at radius 3 is 2.41 bits per heavy atom. The molecule has 1 fully saturated rings. The highest BCUT2D eigenvalue weighted by Gasteiger charge is 2.39. The molecule has 5 amide bonds. The van der Waals surface area contributed by atoms with Crippen LogP contribution in [0.25, 0.3) is 11.1 Å². The van der Waals surface area contributed by atoms with Gasteiger partial charge in [0.05, 0.1) is 5.54 Å². The Bertz CT molecular complexity index is 1390. The normalized spacial score (nSPS) is 17.3. The summed E-state index contributed by atoms with van der Waals surface area (Å²) in [5.41, 5.74) is 4.18. The molecular weight excluding hydrogens is 470 g/mol. The number of nitrogens with one attached hydrogen (secondary N) is 3. The van der Waals surface area contributed by atoms with Gasteiger partial charge in [0.2, 0.25) is 11.8 Å². The van der Waals surface area contributed by atoms with E-state index in [1.165, 1.54) is 4.90 Å². The molecule has 3 N–H and O–H groups in total. The van der Waals surface area contributed by atoms with Crippen LogP contribution < -0.4 is 16.0 Å². The number of anilines is 1. The summed E-state index contributed by atoms with van der Waals surface area (Å²) in [5.74, 6) is -1.03. The van der Waals surface area contributed by atoms with Crippen LogP contribution in [0.3, 0.4) is 0 Å². The molecule has 188 valence electrons. The number of fused-ring (bicyclic) bond motifs is 1. The minimum Gasteiger partial charge on any atom is -0.329 e. The number of hydrogen-bond donors (Lipinski definition) is 3. The number of carbonyl (C=O) groups excluding carboxylic acids is 4. The second-order valence-corrected chi connectivity index (χ2v) is 9.79. The molecule has 0 saturated carbocycles. The summed E-state index contributed by atoms with van der Waals surface area (Å²) in [6.07, 6.45) is 4.00. The average Bonchev–Trinajstić information content (AvgIpc) is 3.19. The fourth-order valence-corrected chi connectivity index (χ4v) is 4.79. The van der Waals surface area contributed by atoms with E-state index in [4.69, 9.17) is 0 Å². The van der Waals surface area contributed by atoms with Crippen LogP contribution in [0.4, 0.5) is 10.5 Å². The Labute approximate surface area is 214 Å². The first-order chi connectivity index (χ1) is 17.7. The minimum absolute atomic E-state index is 0.200. The molecule has 0 aliphatic carbocycles. The molecule has 0 bridgehead atoms. The van der Waals surface area contributed by atoms with Crippen molar-refractivity contribution in [2.75, 3.05) is 5.32 Å². The number of imide groups is 1. The summed E-state index contributed by atoms with van der Waals surface area (Å²) in [5, 5.41) is 8.15. The Balaban J connectivity index is 1.24. The maximum atomic E-state index is 12.9. The number of pyridine rings is 1. The molecule has 1 aromatic heterocycles. The molecule has 1 atom stereocenters. The van der Waals surface area contributed by atoms with E-state index in [1.807, 2.05) is 50.2 Å². The molecule has 0 radical (unpaired) electrons. The van der Waals surface area contributed by atoms with E-state index in [0.29, 0.717) is 17.7 Å². The van der Waals surface area contributed by atoms with Crippen LogP contribution in [0.5, 0.6) is 0 Å². The van der Waals surface area contributed by atoms with Crippen molar-refractivity contribution in [3.8, 4) is 11.1 Å². The summed E-state index contributed by atoms with van der Waals surface area (Å²) < 4.78 is 0. The zero-order chi connectivity index (χ0) is 26.2. The molecule has 37 heavy (non-hydrogen) atoms. The van der Waals surface area contributed by atoms with Gasteiger partial charge in [-0.1, -0.05) is 24.3 Å². The van der Waals surface area contributed by atoms with Crippen LogP contribution in [0.2, 0.25) is 0 Å². The van der Waals surface area contributed by atoms with E-state index in [-0.39, 0.29) is 30.8 Å². The van der Waals surface area contributed by atoms with Gasteiger partial charge < -0.3 is 15.5 Å². The first-order valence-electron chi connectivity index (χ1n) is 12.1. The highest BCUT2D eigenvalue weighted by molar-refractivity contribution is 6.05. The predicted molar refractivity (Wildman–Crippen MR) is 137 cm³/mol. The van der Waals surface area contributed by atoms with Gasteiger partial charge in [-0.15, -0.1) is 0 Å². The summed E-state index contributed by atoms with van der Waals surface area (Å²) in [7, 11) is 0. The van der Waals surface area contributed by atoms with E-state index >= 15 is 0 Å². The third kappa shape index (κ3) is 4.93. The zero-order valence-corrected chi connectivity index (χ0v) is 20.6. The van der Waals surface area contributed by atoms with Crippen molar-refractivity contribution in [2.24, 2.45) is 0 Å². The number of urea groups is 1. The Morgan fingerprint density at radius 1 is 1.00 bits per heavy atom. The third-order valence-corrected chi connectivity index (χ3v) is 6.83. The first-order valence-corrected chi connectivity index (χ1v) is 12.1. The molecule has 1 unspecified atom stereocenters. The van der Waals surface area contributed by atoms with Crippen LogP contribution in [0.1, 0.15) is 48.2 Å². The van der Waals surface area contributed by atoms with Gasteiger partial charge in [-0.3, -0.25) is 24.7 Å². The van der Waals surface area contributed by atoms with Crippen LogP contribution in [0.15, 0.2) is 67.0 Å². The lowest BCUT2D eigenvalue weighted by Gasteiger charge is -2.29. The number of carbonyl (C=O) groups is 4. The van der Waals surface area contributed by atoms with Crippen molar-refractivity contribution in [2.45, 2.75) is 44.8 Å². The first kappa shape index (κ1) is 24.2. The molecule has 2 aliphatic rings. The van der Waals surface area contributed by atoms with Crippen molar-refractivity contribution in [1.82, 2.24) is 20.5 Å². The third-order valence-electron chi connectivity index (χ3n) is 6.83. The second-order valence-electron chi connectivity index (χ2n) is 9.79. The fourth-order valence-electron chi connectivity index (χ4n) is 4.79. The molecule has 1 saturated heterocycles. The largest absolute Gasteiger partial charge is 0.329 e. The van der Waals surface area contributed by atoms with E-state index in [0.717, 1.165) is 22.3 Å². The summed E-state index contributed by atoms with van der Waals surface area (Å²) in [6, 6.07) is 15.9. The quantitative estimate of drug-likeness (QED) is 0.466. The van der Waals surface area contributed by atoms with Gasteiger partial charge in [-0.05, 0) is 72.9 Å². The van der Waals surface area contributed by atoms with Crippen LogP contribution >= 0.6 is 0 Å². The molecule has 2 aliphatic heterocycles.